The lowest BCUT2D eigenvalue weighted by atomic mass is 10.2. The van der Waals surface area contributed by atoms with Crippen LogP contribution in [0.2, 0.25) is 5.02 Å². The van der Waals surface area contributed by atoms with Crippen molar-refractivity contribution in [1.29, 1.82) is 5.26 Å². The molecule has 1 aliphatic carbocycles. The number of nitrogens with one attached hydrogen (secondary N) is 1. The average Bonchev–Trinajstić information content (AvgIpc) is 3.34. The predicted octanol–water partition coefficient (Wildman–Crippen LogP) is 3.57. The Labute approximate surface area is 146 Å². The summed E-state index contributed by atoms with van der Waals surface area (Å²) in [5.41, 5.74) is 1.60. The summed E-state index contributed by atoms with van der Waals surface area (Å²) in [5, 5.41) is 13.2. The van der Waals surface area contributed by atoms with E-state index in [1.165, 1.54) is 12.8 Å². The molecule has 1 aliphatic heterocycles. The van der Waals surface area contributed by atoms with Gasteiger partial charge in [-0.1, -0.05) is 11.6 Å². The van der Waals surface area contributed by atoms with Crippen LogP contribution in [0.15, 0.2) is 30.5 Å². The van der Waals surface area contributed by atoms with E-state index in [2.05, 4.69) is 26.3 Å². The fourth-order valence-electron chi connectivity index (χ4n) is 3.14. The SMILES string of the molecule is N#Cc1cc(Cl)cc(N2CCC(Nc3ccnc(C4CC4)n3)C2)c1. The quantitative estimate of drug-likeness (QED) is 0.922. The van der Waals surface area contributed by atoms with Gasteiger partial charge in [-0.25, -0.2) is 9.97 Å². The van der Waals surface area contributed by atoms with Gasteiger partial charge in [-0.15, -0.1) is 0 Å². The van der Waals surface area contributed by atoms with Gasteiger partial charge in [0, 0.05) is 42.0 Å². The molecule has 1 saturated heterocycles. The van der Waals surface area contributed by atoms with Crippen molar-refractivity contribution in [2.75, 3.05) is 23.3 Å². The molecule has 0 amide bonds. The summed E-state index contributed by atoms with van der Waals surface area (Å²) in [6.45, 7) is 1.80. The Hall–Kier alpha value is -2.32. The maximum Gasteiger partial charge on any atom is 0.133 e. The van der Waals surface area contributed by atoms with Gasteiger partial charge in [-0.2, -0.15) is 5.26 Å². The molecule has 4 rings (SSSR count). The minimum atomic E-state index is 0.330. The highest BCUT2D eigenvalue weighted by molar-refractivity contribution is 6.31. The fraction of sp³-hybridized carbons (Fsp3) is 0.389. The number of hydrogen-bond donors (Lipinski definition) is 1. The number of benzene rings is 1. The summed E-state index contributed by atoms with van der Waals surface area (Å²) in [4.78, 5) is 11.3. The van der Waals surface area contributed by atoms with Crippen molar-refractivity contribution < 1.29 is 0 Å². The smallest absolute Gasteiger partial charge is 0.133 e. The Morgan fingerprint density at radius 3 is 2.92 bits per heavy atom. The van der Waals surface area contributed by atoms with Gasteiger partial charge in [0.2, 0.25) is 0 Å². The maximum absolute atomic E-state index is 9.10. The molecule has 2 heterocycles. The molecule has 2 aliphatic rings. The first-order chi connectivity index (χ1) is 11.7. The highest BCUT2D eigenvalue weighted by atomic mass is 35.5. The van der Waals surface area contributed by atoms with Gasteiger partial charge in [-0.05, 0) is 43.5 Å². The fourth-order valence-corrected chi connectivity index (χ4v) is 3.36. The van der Waals surface area contributed by atoms with Crippen LogP contribution in [0.1, 0.15) is 36.6 Å². The minimum absolute atomic E-state index is 0.330. The molecular weight excluding hydrogens is 322 g/mol. The van der Waals surface area contributed by atoms with E-state index in [1.807, 2.05) is 24.4 Å². The third-order valence-electron chi connectivity index (χ3n) is 4.53. The third-order valence-corrected chi connectivity index (χ3v) is 4.75. The standard InChI is InChI=1S/C18H18ClN5/c19-14-7-12(10-20)8-16(9-14)24-6-4-15(11-24)22-17-3-5-21-18(23-17)13-1-2-13/h3,5,7-9,13,15H,1-2,4,6,11H2,(H,21,22,23). The monoisotopic (exact) mass is 339 g/mol. The summed E-state index contributed by atoms with van der Waals surface area (Å²) in [6.07, 6.45) is 5.27. The zero-order valence-corrected chi connectivity index (χ0v) is 14.0. The number of rotatable bonds is 4. The van der Waals surface area contributed by atoms with E-state index < -0.39 is 0 Å². The topological polar surface area (TPSA) is 64.8 Å². The molecular formula is C18H18ClN5. The van der Waals surface area contributed by atoms with E-state index in [9.17, 15) is 0 Å². The van der Waals surface area contributed by atoms with Crippen molar-refractivity contribution in [2.45, 2.75) is 31.2 Å². The third kappa shape index (κ3) is 3.29. The number of nitrogens with zero attached hydrogens (tertiary/aromatic N) is 4. The predicted molar refractivity (Wildman–Crippen MR) is 94.4 cm³/mol. The molecule has 2 fully saturated rings. The molecule has 1 unspecified atom stereocenters. The van der Waals surface area contributed by atoms with Crippen molar-refractivity contribution in [3.05, 3.63) is 46.9 Å². The number of aromatic nitrogens is 2. The largest absolute Gasteiger partial charge is 0.369 e. The van der Waals surface area contributed by atoms with Crippen LogP contribution < -0.4 is 10.2 Å². The second-order valence-corrected chi connectivity index (χ2v) is 6.90. The molecule has 1 aromatic heterocycles. The van der Waals surface area contributed by atoms with Crippen LogP contribution in [-0.4, -0.2) is 29.1 Å². The van der Waals surface area contributed by atoms with Crippen LogP contribution in [0.3, 0.4) is 0 Å². The molecule has 1 atom stereocenters. The summed E-state index contributed by atoms with van der Waals surface area (Å²) in [5.74, 6) is 2.42. The van der Waals surface area contributed by atoms with Gasteiger partial charge in [0.1, 0.15) is 11.6 Å². The Bertz CT molecular complexity index is 796. The molecule has 2 aromatic rings. The number of halogens is 1. The lowest BCUT2D eigenvalue weighted by Crippen LogP contribution is -2.26. The van der Waals surface area contributed by atoms with Gasteiger partial charge >= 0.3 is 0 Å². The first-order valence-corrected chi connectivity index (χ1v) is 8.64. The minimum Gasteiger partial charge on any atom is -0.369 e. The molecule has 1 N–H and O–H groups in total. The second kappa shape index (κ2) is 6.29. The number of hydrogen-bond acceptors (Lipinski definition) is 5. The number of anilines is 2. The molecule has 0 radical (unpaired) electrons. The molecule has 122 valence electrons. The molecule has 6 heteroatoms. The van der Waals surface area contributed by atoms with E-state index in [4.69, 9.17) is 16.9 Å². The van der Waals surface area contributed by atoms with Gasteiger partial charge in [0.05, 0.1) is 11.6 Å². The van der Waals surface area contributed by atoms with Crippen molar-refractivity contribution in [3.63, 3.8) is 0 Å². The van der Waals surface area contributed by atoms with Crippen LogP contribution in [0, 0.1) is 11.3 Å². The second-order valence-electron chi connectivity index (χ2n) is 6.46. The molecule has 1 saturated carbocycles. The van der Waals surface area contributed by atoms with Crippen molar-refractivity contribution in [3.8, 4) is 6.07 Å². The zero-order valence-electron chi connectivity index (χ0n) is 13.2. The Kier molecular flexibility index (Phi) is 3.99. The summed E-state index contributed by atoms with van der Waals surface area (Å²) < 4.78 is 0. The van der Waals surface area contributed by atoms with Crippen LogP contribution in [0.25, 0.3) is 0 Å². The van der Waals surface area contributed by atoms with Crippen molar-refractivity contribution in [2.24, 2.45) is 0 Å². The van der Waals surface area contributed by atoms with Crippen molar-refractivity contribution in [1.82, 2.24) is 9.97 Å². The Balaban J connectivity index is 1.44. The van der Waals surface area contributed by atoms with Crippen LogP contribution >= 0.6 is 11.6 Å². The van der Waals surface area contributed by atoms with E-state index in [-0.39, 0.29) is 0 Å². The van der Waals surface area contributed by atoms with E-state index in [0.717, 1.165) is 36.8 Å². The van der Waals surface area contributed by atoms with Crippen LogP contribution in [-0.2, 0) is 0 Å². The number of nitriles is 1. The van der Waals surface area contributed by atoms with Gasteiger partial charge in [0.25, 0.3) is 0 Å². The average molecular weight is 340 g/mol. The van der Waals surface area contributed by atoms with E-state index in [1.54, 1.807) is 6.07 Å². The molecule has 24 heavy (non-hydrogen) atoms. The van der Waals surface area contributed by atoms with Gasteiger partial charge < -0.3 is 10.2 Å². The normalized spacial score (nSPS) is 20.0. The summed E-state index contributed by atoms with van der Waals surface area (Å²) >= 11 is 6.12. The Morgan fingerprint density at radius 1 is 1.25 bits per heavy atom. The lowest BCUT2D eigenvalue weighted by molar-refractivity contribution is 0.793. The molecule has 1 aromatic carbocycles. The van der Waals surface area contributed by atoms with Crippen LogP contribution in [0.4, 0.5) is 11.5 Å². The van der Waals surface area contributed by atoms with Crippen LogP contribution in [0.5, 0.6) is 0 Å². The van der Waals surface area contributed by atoms with Gasteiger partial charge in [-0.3, -0.25) is 0 Å². The van der Waals surface area contributed by atoms with Crippen molar-refractivity contribution >= 4 is 23.1 Å². The lowest BCUT2D eigenvalue weighted by Gasteiger charge is -2.20. The van der Waals surface area contributed by atoms with Gasteiger partial charge in [0.15, 0.2) is 0 Å². The highest BCUT2D eigenvalue weighted by Crippen LogP contribution is 2.38. The molecule has 0 bridgehead atoms. The highest BCUT2D eigenvalue weighted by Gasteiger charge is 2.27. The zero-order chi connectivity index (χ0) is 16.5. The van der Waals surface area contributed by atoms with E-state index >= 15 is 0 Å². The first-order valence-electron chi connectivity index (χ1n) is 8.26. The summed E-state index contributed by atoms with van der Waals surface area (Å²) in [6, 6.07) is 9.93. The first kappa shape index (κ1) is 15.2. The van der Waals surface area contributed by atoms with E-state index in [0.29, 0.717) is 22.5 Å². The Morgan fingerprint density at radius 2 is 2.12 bits per heavy atom. The summed E-state index contributed by atoms with van der Waals surface area (Å²) in [7, 11) is 0. The molecule has 0 spiro atoms. The maximum atomic E-state index is 9.10. The molecule has 5 nitrogen and oxygen atoms in total.